The van der Waals surface area contributed by atoms with Crippen molar-refractivity contribution < 1.29 is 23.4 Å². The average Bonchev–Trinajstić information content (AvgIpc) is 3.38. The summed E-state index contributed by atoms with van der Waals surface area (Å²) >= 11 is 1.27. The molecule has 3 aromatic rings. The second kappa shape index (κ2) is 8.30. The minimum atomic E-state index is -0.536. The number of hydrogen-bond acceptors (Lipinski definition) is 8. The van der Waals surface area contributed by atoms with Gasteiger partial charge in [0.2, 0.25) is 0 Å². The van der Waals surface area contributed by atoms with E-state index in [1.165, 1.54) is 30.8 Å². The zero-order valence-electron chi connectivity index (χ0n) is 19.0. The lowest BCUT2D eigenvalue weighted by atomic mass is 9.96. The number of fused-ring (bicyclic) bond motifs is 2. The summed E-state index contributed by atoms with van der Waals surface area (Å²) in [5.41, 5.74) is 2.40. The van der Waals surface area contributed by atoms with Crippen molar-refractivity contribution in [2.24, 2.45) is 5.92 Å². The highest BCUT2D eigenvalue weighted by molar-refractivity contribution is 7.20. The minimum absolute atomic E-state index is 0.0849. The van der Waals surface area contributed by atoms with Crippen LogP contribution in [-0.2, 0) is 20.6 Å². The zero-order valence-corrected chi connectivity index (χ0v) is 19.8. The van der Waals surface area contributed by atoms with E-state index >= 15 is 0 Å². The van der Waals surface area contributed by atoms with Gasteiger partial charge in [0.05, 0.1) is 24.7 Å². The molecule has 3 atom stereocenters. The number of rotatable bonds is 5. The molecule has 0 bridgehead atoms. The van der Waals surface area contributed by atoms with Gasteiger partial charge in [-0.3, -0.25) is 0 Å². The number of halogens is 1. The van der Waals surface area contributed by atoms with E-state index < -0.39 is 11.8 Å². The molecule has 3 heterocycles. The smallest absolute Gasteiger partial charge is 0.348 e. The number of nitrogens with one attached hydrogen (secondary N) is 1. The van der Waals surface area contributed by atoms with Crippen LogP contribution in [0.25, 0.3) is 10.2 Å². The topological polar surface area (TPSA) is 82.6 Å². The zero-order chi connectivity index (χ0) is 23.3. The molecule has 1 aliphatic heterocycles. The summed E-state index contributed by atoms with van der Waals surface area (Å²) in [5.74, 6) is -0.310. The molecule has 0 radical (unpaired) electrons. The lowest BCUT2D eigenvalue weighted by Crippen LogP contribution is -2.23. The van der Waals surface area contributed by atoms with Gasteiger partial charge in [0.25, 0.3) is 0 Å². The molecule has 0 unspecified atom stereocenters. The van der Waals surface area contributed by atoms with Gasteiger partial charge >= 0.3 is 5.97 Å². The van der Waals surface area contributed by atoms with E-state index in [9.17, 15) is 9.18 Å². The Bertz CT molecular complexity index is 1210. The number of carbonyl (C=O) groups is 1. The molecule has 1 saturated carbocycles. The third kappa shape index (κ3) is 4.20. The highest BCUT2D eigenvalue weighted by Gasteiger charge is 2.47. The lowest BCUT2D eigenvalue weighted by Gasteiger charge is -2.21. The van der Waals surface area contributed by atoms with Crippen molar-refractivity contribution in [3.63, 3.8) is 0 Å². The number of aryl methyl sites for hydroxylation is 1. The number of benzene rings is 1. The van der Waals surface area contributed by atoms with E-state index in [0.717, 1.165) is 35.0 Å². The van der Waals surface area contributed by atoms with Gasteiger partial charge in [0, 0.05) is 5.69 Å². The number of ether oxygens (including phenoxy) is 3. The van der Waals surface area contributed by atoms with Crippen LogP contribution in [0.1, 0.15) is 47.5 Å². The average molecular weight is 472 g/mol. The molecule has 1 saturated heterocycles. The molecule has 174 valence electrons. The third-order valence-corrected chi connectivity index (χ3v) is 7.52. The molecule has 33 heavy (non-hydrogen) atoms. The Morgan fingerprint density at radius 3 is 2.70 bits per heavy atom. The Labute approximate surface area is 195 Å². The van der Waals surface area contributed by atoms with Crippen molar-refractivity contribution in [2.75, 3.05) is 12.4 Å². The normalized spacial score (nSPS) is 23.6. The first-order valence-corrected chi connectivity index (χ1v) is 11.8. The van der Waals surface area contributed by atoms with Gasteiger partial charge in [0.1, 0.15) is 27.7 Å². The number of carbonyl (C=O) groups excluding carboxylic acids is 1. The summed E-state index contributed by atoms with van der Waals surface area (Å²) in [5, 5.41) is 4.13. The number of aromatic nitrogens is 2. The molecular weight excluding hydrogens is 445 g/mol. The van der Waals surface area contributed by atoms with Crippen LogP contribution in [0.4, 0.5) is 15.9 Å². The Morgan fingerprint density at radius 1 is 1.27 bits per heavy atom. The largest absolute Gasteiger partial charge is 0.465 e. The predicted molar refractivity (Wildman–Crippen MR) is 123 cm³/mol. The van der Waals surface area contributed by atoms with Gasteiger partial charge in [-0.15, -0.1) is 11.3 Å². The van der Waals surface area contributed by atoms with Crippen LogP contribution in [0.15, 0.2) is 24.5 Å². The number of esters is 1. The first-order valence-electron chi connectivity index (χ1n) is 11.0. The number of hydrogen-bond donors (Lipinski definition) is 1. The fourth-order valence-corrected chi connectivity index (χ4v) is 6.04. The molecule has 7 nitrogen and oxygen atoms in total. The SMILES string of the molecule is COC(=O)c1sc2ncnc(Nc3ccc(F)cc3C[C@@H]3C[C@@H]4OC(C)(C)O[C@@H]4C3)c2c1C. The van der Waals surface area contributed by atoms with E-state index in [-0.39, 0.29) is 18.0 Å². The summed E-state index contributed by atoms with van der Waals surface area (Å²) < 4.78 is 31.1. The number of anilines is 2. The van der Waals surface area contributed by atoms with E-state index in [2.05, 4.69) is 15.3 Å². The molecule has 2 aromatic heterocycles. The van der Waals surface area contributed by atoms with Gasteiger partial charge in [-0.1, -0.05) is 0 Å². The van der Waals surface area contributed by atoms with Crippen LogP contribution < -0.4 is 5.32 Å². The minimum Gasteiger partial charge on any atom is -0.465 e. The van der Waals surface area contributed by atoms with Gasteiger partial charge in [0.15, 0.2) is 5.79 Å². The van der Waals surface area contributed by atoms with Crippen molar-refractivity contribution in [3.05, 3.63) is 46.3 Å². The van der Waals surface area contributed by atoms with E-state index in [1.54, 1.807) is 12.1 Å². The van der Waals surface area contributed by atoms with Gasteiger partial charge < -0.3 is 19.5 Å². The van der Waals surface area contributed by atoms with Crippen molar-refractivity contribution >= 4 is 39.0 Å². The van der Waals surface area contributed by atoms with E-state index in [1.807, 2.05) is 20.8 Å². The molecule has 0 spiro atoms. The molecule has 2 aliphatic rings. The fraction of sp³-hybridized carbons (Fsp3) is 0.458. The first-order chi connectivity index (χ1) is 15.7. The summed E-state index contributed by atoms with van der Waals surface area (Å²) in [6.45, 7) is 5.73. The molecule has 5 rings (SSSR count). The van der Waals surface area contributed by atoms with E-state index in [4.69, 9.17) is 14.2 Å². The Hall–Kier alpha value is -2.62. The van der Waals surface area contributed by atoms with Crippen LogP contribution in [0.3, 0.4) is 0 Å². The van der Waals surface area contributed by atoms with Crippen LogP contribution in [0.2, 0.25) is 0 Å². The maximum absolute atomic E-state index is 14.2. The quantitative estimate of drug-likeness (QED) is 0.516. The van der Waals surface area contributed by atoms with Crippen LogP contribution in [0, 0.1) is 18.7 Å². The molecule has 2 fully saturated rings. The van der Waals surface area contributed by atoms with Crippen LogP contribution in [-0.4, -0.2) is 41.0 Å². The number of nitrogens with zero attached hydrogens (tertiary/aromatic N) is 2. The lowest BCUT2D eigenvalue weighted by molar-refractivity contribution is -0.153. The van der Waals surface area contributed by atoms with Crippen molar-refractivity contribution in [1.82, 2.24) is 9.97 Å². The molecule has 1 aromatic carbocycles. The maximum atomic E-state index is 14.2. The second-order valence-corrected chi connectivity index (χ2v) is 10.1. The predicted octanol–water partition coefficient (Wildman–Crippen LogP) is 5.14. The van der Waals surface area contributed by atoms with Gasteiger partial charge in [-0.05, 0) is 75.3 Å². The molecule has 1 aliphatic carbocycles. The fourth-order valence-electron chi connectivity index (χ4n) is 4.97. The maximum Gasteiger partial charge on any atom is 0.348 e. The summed E-state index contributed by atoms with van der Waals surface area (Å²) in [7, 11) is 1.36. The van der Waals surface area contributed by atoms with Crippen molar-refractivity contribution in [1.29, 1.82) is 0 Å². The van der Waals surface area contributed by atoms with Gasteiger partial charge in [-0.25, -0.2) is 19.2 Å². The highest BCUT2D eigenvalue weighted by atomic mass is 32.1. The van der Waals surface area contributed by atoms with Crippen molar-refractivity contribution in [2.45, 2.75) is 58.0 Å². The summed E-state index contributed by atoms with van der Waals surface area (Å²) in [4.78, 5) is 22.1. The summed E-state index contributed by atoms with van der Waals surface area (Å²) in [6, 6.07) is 4.73. The van der Waals surface area contributed by atoms with E-state index in [0.29, 0.717) is 27.9 Å². The third-order valence-electron chi connectivity index (χ3n) is 6.34. The Balaban J connectivity index is 1.42. The monoisotopic (exact) mass is 471 g/mol. The molecule has 1 N–H and O–H groups in total. The second-order valence-electron chi connectivity index (χ2n) is 9.13. The first kappa shape index (κ1) is 22.2. The standard InChI is InChI=1S/C24H26FN3O4S/c1-12-19-21(26-11-27-22(19)33-20(12)23(29)30-4)28-16-6-5-15(25)10-14(16)7-13-8-17-18(9-13)32-24(2,3)31-17/h5-6,10-11,13,17-18H,7-9H2,1-4H3,(H,26,27,28)/t13-,17+,18-. The highest BCUT2D eigenvalue weighted by Crippen LogP contribution is 2.43. The van der Waals surface area contributed by atoms with Gasteiger partial charge in [-0.2, -0.15) is 0 Å². The van der Waals surface area contributed by atoms with Crippen LogP contribution >= 0.6 is 11.3 Å². The Kier molecular flexibility index (Phi) is 5.58. The van der Waals surface area contributed by atoms with Crippen molar-refractivity contribution in [3.8, 4) is 0 Å². The number of thiophene rings is 1. The summed E-state index contributed by atoms with van der Waals surface area (Å²) in [6.07, 6.45) is 4.09. The molecule has 0 amide bonds. The van der Waals surface area contributed by atoms with Crippen LogP contribution in [0.5, 0.6) is 0 Å². The molecule has 9 heteroatoms. The Morgan fingerprint density at radius 2 is 2.00 bits per heavy atom. The number of methoxy groups -OCH3 is 1. The molecular formula is C24H26FN3O4S.